The normalized spacial score (nSPS) is 11.1. The third-order valence-electron chi connectivity index (χ3n) is 3.59. The Morgan fingerprint density at radius 1 is 1.24 bits per heavy atom. The van der Waals surface area contributed by atoms with Gasteiger partial charge in [0.2, 0.25) is 0 Å². The van der Waals surface area contributed by atoms with Gasteiger partial charge in [0.05, 0.1) is 5.01 Å². The Balaban J connectivity index is 2.51. The average molecular weight is 312 g/mol. The van der Waals surface area contributed by atoms with E-state index in [2.05, 4.69) is 23.7 Å². The molecule has 1 rings (SSSR count). The molecule has 120 valence electrons. The van der Waals surface area contributed by atoms with Crippen LogP contribution in [0, 0.1) is 0 Å². The van der Waals surface area contributed by atoms with Gasteiger partial charge in [-0.3, -0.25) is 4.79 Å². The molecule has 0 unspecified atom stereocenters. The quantitative estimate of drug-likeness (QED) is 0.716. The Hall–Kier alpha value is -0.980. The second-order valence-corrected chi connectivity index (χ2v) is 5.87. The lowest BCUT2D eigenvalue weighted by Crippen LogP contribution is -2.34. The monoisotopic (exact) mass is 312 g/mol. The van der Waals surface area contributed by atoms with E-state index in [1.807, 2.05) is 17.2 Å². The van der Waals surface area contributed by atoms with Gasteiger partial charge in [0.25, 0.3) is 5.91 Å². The lowest BCUT2D eigenvalue weighted by molar-refractivity contribution is 0.0752. The molecule has 0 aromatic carbocycles. The first kappa shape index (κ1) is 18.1. The summed E-state index contributed by atoms with van der Waals surface area (Å²) >= 11 is 1.52. The summed E-state index contributed by atoms with van der Waals surface area (Å²) in [6.45, 7) is 11.6. The molecule has 6 heteroatoms. The van der Waals surface area contributed by atoms with E-state index in [0.717, 1.165) is 50.6 Å². The number of carbonyl (C=O) groups is 1. The number of amides is 1. The number of nitrogens with two attached hydrogens (primary N) is 1. The summed E-state index contributed by atoms with van der Waals surface area (Å²) in [5.41, 5.74) is 6.08. The number of hydrogen-bond acceptors (Lipinski definition) is 5. The third-order valence-corrected chi connectivity index (χ3v) is 4.50. The molecule has 1 aromatic heterocycles. The zero-order valence-electron chi connectivity index (χ0n) is 13.5. The van der Waals surface area contributed by atoms with Crippen LogP contribution in [0.3, 0.4) is 0 Å². The molecule has 0 saturated carbocycles. The van der Waals surface area contributed by atoms with Crippen LogP contribution in [0.2, 0.25) is 0 Å². The van der Waals surface area contributed by atoms with Gasteiger partial charge < -0.3 is 15.5 Å². The maximum Gasteiger partial charge on any atom is 0.273 e. The molecular weight excluding hydrogens is 284 g/mol. The Morgan fingerprint density at radius 2 is 1.95 bits per heavy atom. The molecule has 0 atom stereocenters. The Kier molecular flexibility index (Phi) is 8.49. The highest BCUT2D eigenvalue weighted by Crippen LogP contribution is 2.12. The number of carbonyl (C=O) groups excluding carboxylic acids is 1. The van der Waals surface area contributed by atoms with Crippen LogP contribution >= 0.6 is 11.3 Å². The zero-order valence-corrected chi connectivity index (χ0v) is 14.3. The summed E-state index contributed by atoms with van der Waals surface area (Å²) in [5.74, 6) is 0.0385. The summed E-state index contributed by atoms with van der Waals surface area (Å²) in [4.78, 5) is 21.1. The van der Waals surface area contributed by atoms with Crippen molar-refractivity contribution >= 4 is 17.2 Å². The maximum absolute atomic E-state index is 12.4. The van der Waals surface area contributed by atoms with E-state index >= 15 is 0 Å². The summed E-state index contributed by atoms with van der Waals surface area (Å²) in [7, 11) is 0. The van der Waals surface area contributed by atoms with Crippen LogP contribution in [0.4, 0.5) is 0 Å². The summed E-state index contributed by atoms with van der Waals surface area (Å²) < 4.78 is 0. The first-order valence-electron chi connectivity index (χ1n) is 7.82. The van der Waals surface area contributed by atoms with Gasteiger partial charge in [-0.2, -0.15) is 0 Å². The van der Waals surface area contributed by atoms with Crippen LogP contribution in [-0.4, -0.2) is 60.0 Å². The molecule has 1 heterocycles. The standard InChI is InChI=1S/C15H28N4OS/c1-4-18(5-2)10-7-11-19(6-3)15(20)13-12-21-14(17-13)8-9-16/h12H,4-11,16H2,1-3H3. The molecule has 0 saturated heterocycles. The summed E-state index contributed by atoms with van der Waals surface area (Å²) in [5, 5.41) is 2.79. The number of hydrogen-bond donors (Lipinski definition) is 1. The second-order valence-electron chi connectivity index (χ2n) is 4.93. The first-order chi connectivity index (χ1) is 10.2. The Morgan fingerprint density at radius 3 is 2.52 bits per heavy atom. The van der Waals surface area contributed by atoms with Crippen LogP contribution < -0.4 is 5.73 Å². The van der Waals surface area contributed by atoms with Gasteiger partial charge in [-0.05, 0) is 39.5 Å². The van der Waals surface area contributed by atoms with Gasteiger partial charge in [-0.15, -0.1) is 11.3 Å². The summed E-state index contributed by atoms with van der Waals surface area (Å²) in [6.07, 6.45) is 1.74. The minimum atomic E-state index is 0.0385. The van der Waals surface area contributed by atoms with Gasteiger partial charge in [-0.25, -0.2) is 4.98 Å². The molecule has 0 spiro atoms. The second kappa shape index (κ2) is 9.87. The van der Waals surface area contributed by atoms with Crippen molar-refractivity contribution in [2.24, 2.45) is 5.73 Å². The van der Waals surface area contributed by atoms with Crippen LogP contribution in [0.15, 0.2) is 5.38 Å². The fourth-order valence-corrected chi connectivity index (χ4v) is 3.03. The van der Waals surface area contributed by atoms with Crippen LogP contribution in [-0.2, 0) is 6.42 Å². The minimum Gasteiger partial charge on any atom is -0.338 e. The smallest absolute Gasteiger partial charge is 0.273 e. The van der Waals surface area contributed by atoms with E-state index in [4.69, 9.17) is 5.73 Å². The molecular formula is C15H28N4OS. The topological polar surface area (TPSA) is 62.5 Å². The van der Waals surface area contributed by atoms with Gasteiger partial charge in [0, 0.05) is 24.9 Å². The fourth-order valence-electron chi connectivity index (χ4n) is 2.24. The molecule has 21 heavy (non-hydrogen) atoms. The predicted molar refractivity (Wildman–Crippen MR) is 88.9 cm³/mol. The minimum absolute atomic E-state index is 0.0385. The van der Waals surface area contributed by atoms with Crippen molar-refractivity contribution in [2.75, 3.05) is 39.3 Å². The molecule has 0 aliphatic heterocycles. The SMILES string of the molecule is CCN(CC)CCCN(CC)C(=O)c1csc(CCN)n1. The van der Waals surface area contributed by atoms with E-state index < -0.39 is 0 Å². The highest BCUT2D eigenvalue weighted by molar-refractivity contribution is 7.09. The van der Waals surface area contributed by atoms with Crippen molar-refractivity contribution in [3.05, 3.63) is 16.1 Å². The van der Waals surface area contributed by atoms with E-state index in [0.29, 0.717) is 12.2 Å². The van der Waals surface area contributed by atoms with E-state index in [-0.39, 0.29) is 5.91 Å². The molecule has 0 aliphatic rings. The van der Waals surface area contributed by atoms with Gasteiger partial charge >= 0.3 is 0 Å². The van der Waals surface area contributed by atoms with Crippen molar-refractivity contribution in [2.45, 2.75) is 33.6 Å². The molecule has 1 amide bonds. The molecule has 0 aliphatic carbocycles. The number of nitrogens with zero attached hydrogens (tertiary/aromatic N) is 3. The van der Waals surface area contributed by atoms with E-state index in [1.165, 1.54) is 11.3 Å². The summed E-state index contributed by atoms with van der Waals surface area (Å²) in [6, 6.07) is 0. The van der Waals surface area contributed by atoms with Crippen molar-refractivity contribution in [1.29, 1.82) is 0 Å². The first-order valence-corrected chi connectivity index (χ1v) is 8.70. The van der Waals surface area contributed by atoms with E-state index in [9.17, 15) is 4.79 Å². The van der Waals surface area contributed by atoms with E-state index in [1.54, 1.807) is 0 Å². The predicted octanol–water partition coefficient (Wildman–Crippen LogP) is 1.84. The number of thiazole rings is 1. The number of aromatic nitrogens is 1. The molecule has 2 N–H and O–H groups in total. The largest absolute Gasteiger partial charge is 0.338 e. The molecule has 0 bridgehead atoms. The van der Waals surface area contributed by atoms with Gasteiger partial charge in [0.15, 0.2) is 0 Å². The fraction of sp³-hybridized carbons (Fsp3) is 0.733. The van der Waals surface area contributed by atoms with Gasteiger partial charge in [0.1, 0.15) is 5.69 Å². The Labute approximate surface area is 132 Å². The molecule has 1 aromatic rings. The average Bonchev–Trinajstić information content (AvgIpc) is 2.96. The molecule has 5 nitrogen and oxygen atoms in total. The zero-order chi connectivity index (χ0) is 15.7. The van der Waals surface area contributed by atoms with Crippen molar-refractivity contribution in [3.8, 4) is 0 Å². The maximum atomic E-state index is 12.4. The number of rotatable bonds is 10. The van der Waals surface area contributed by atoms with Crippen molar-refractivity contribution < 1.29 is 4.79 Å². The lowest BCUT2D eigenvalue weighted by Gasteiger charge is -2.23. The van der Waals surface area contributed by atoms with Crippen molar-refractivity contribution in [3.63, 3.8) is 0 Å². The van der Waals surface area contributed by atoms with Crippen molar-refractivity contribution in [1.82, 2.24) is 14.8 Å². The van der Waals surface area contributed by atoms with Gasteiger partial charge in [-0.1, -0.05) is 13.8 Å². The molecule has 0 radical (unpaired) electrons. The third kappa shape index (κ3) is 5.73. The van der Waals surface area contributed by atoms with Crippen LogP contribution in [0.1, 0.15) is 42.7 Å². The van der Waals surface area contributed by atoms with Crippen LogP contribution in [0.25, 0.3) is 0 Å². The molecule has 0 fully saturated rings. The van der Waals surface area contributed by atoms with Crippen LogP contribution in [0.5, 0.6) is 0 Å². The highest BCUT2D eigenvalue weighted by Gasteiger charge is 2.17. The lowest BCUT2D eigenvalue weighted by atomic mass is 10.3. The Bertz CT molecular complexity index is 418. The highest BCUT2D eigenvalue weighted by atomic mass is 32.1.